The molecule has 5 unspecified atom stereocenters. The van der Waals surface area contributed by atoms with Gasteiger partial charge in [0.25, 0.3) is 0 Å². The summed E-state index contributed by atoms with van der Waals surface area (Å²) in [4.78, 5) is 9.99. The van der Waals surface area contributed by atoms with Gasteiger partial charge in [0.2, 0.25) is 12.6 Å². The van der Waals surface area contributed by atoms with E-state index < -0.39 is 50.5 Å². The van der Waals surface area contributed by atoms with Gasteiger partial charge in [-0.3, -0.25) is 4.79 Å². The Balaban J connectivity index is 3.03. The highest BCUT2D eigenvalue weighted by Crippen LogP contribution is 2.30. The standard InChI is InChI=1S/C9H12F6N2O/c1-2-16-6(12)5(11)7(13)17(3-4(10)18)9(15)8(16)14/h5-9H,2-3H2,1H3. The molecule has 0 spiro atoms. The molecule has 1 heterocycles. The van der Waals surface area contributed by atoms with Gasteiger partial charge >= 0.3 is 6.04 Å². The number of halogens is 6. The van der Waals surface area contributed by atoms with Crippen LogP contribution in [0.5, 0.6) is 0 Å². The molecule has 0 aromatic carbocycles. The fourth-order valence-electron chi connectivity index (χ4n) is 1.75. The molecule has 0 bridgehead atoms. The number of hydrogen-bond donors (Lipinski definition) is 0. The lowest BCUT2D eigenvalue weighted by Crippen LogP contribution is -2.48. The zero-order valence-electron chi connectivity index (χ0n) is 9.37. The molecule has 0 saturated carbocycles. The van der Waals surface area contributed by atoms with Crippen LogP contribution in [0.15, 0.2) is 0 Å². The van der Waals surface area contributed by atoms with Crippen LogP contribution in [0.25, 0.3) is 0 Å². The minimum absolute atomic E-state index is 0.130. The molecule has 0 aliphatic carbocycles. The molecular formula is C9H12F6N2O. The summed E-state index contributed by atoms with van der Waals surface area (Å²) in [6.07, 6.45) is -14.1. The molecular weight excluding hydrogens is 266 g/mol. The number of likely N-dealkylation sites (N-methyl/N-ethyl adjacent to an activating group) is 1. The molecule has 5 atom stereocenters. The Morgan fingerprint density at radius 1 is 0.944 bits per heavy atom. The summed E-state index contributed by atoms with van der Waals surface area (Å²) in [6, 6.07) is -2.17. The van der Waals surface area contributed by atoms with Crippen LogP contribution in [0.1, 0.15) is 6.92 Å². The SMILES string of the molecule is CCN1C(F)C(F)C(F)N(CC(=O)F)C(F)C1F. The predicted molar refractivity (Wildman–Crippen MR) is 49.7 cm³/mol. The normalized spacial score (nSPS) is 39.6. The zero-order valence-corrected chi connectivity index (χ0v) is 9.37. The van der Waals surface area contributed by atoms with Gasteiger partial charge in [0, 0.05) is 6.54 Å². The van der Waals surface area contributed by atoms with Gasteiger partial charge in [-0.25, -0.2) is 31.8 Å². The van der Waals surface area contributed by atoms with E-state index in [-0.39, 0.29) is 9.80 Å². The number of carbonyl (C=O) groups is 1. The Hall–Kier alpha value is -0.830. The van der Waals surface area contributed by atoms with Gasteiger partial charge in [-0.05, 0) is 0 Å². The average Bonchev–Trinajstić information content (AvgIpc) is 2.37. The van der Waals surface area contributed by atoms with Crippen LogP contribution in [-0.2, 0) is 4.79 Å². The van der Waals surface area contributed by atoms with Crippen molar-refractivity contribution in [3.63, 3.8) is 0 Å². The first-order valence-electron chi connectivity index (χ1n) is 5.21. The third kappa shape index (κ3) is 2.77. The molecule has 1 aliphatic rings. The lowest BCUT2D eigenvalue weighted by molar-refractivity contribution is -0.140. The number of rotatable bonds is 3. The molecule has 0 aromatic heterocycles. The van der Waals surface area contributed by atoms with E-state index in [1.54, 1.807) is 0 Å². The number of hydrogen-bond acceptors (Lipinski definition) is 3. The Labute approximate surface area is 99.3 Å². The number of carbonyl (C=O) groups excluding carboxylic acids is 1. The van der Waals surface area contributed by atoms with E-state index in [0.717, 1.165) is 0 Å². The van der Waals surface area contributed by atoms with Crippen LogP contribution in [-0.4, -0.2) is 60.3 Å². The first-order chi connectivity index (χ1) is 8.31. The summed E-state index contributed by atoms with van der Waals surface area (Å²) in [5.41, 5.74) is 0. The monoisotopic (exact) mass is 278 g/mol. The second kappa shape index (κ2) is 5.87. The van der Waals surface area contributed by atoms with E-state index in [2.05, 4.69) is 0 Å². The van der Waals surface area contributed by atoms with Crippen molar-refractivity contribution in [3.05, 3.63) is 0 Å². The van der Waals surface area contributed by atoms with E-state index in [0.29, 0.717) is 0 Å². The second-order valence-corrected chi connectivity index (χ2v) is 3.79. The molecule has 0 N–H and O–H groups in total. The van der Waals surface area contributed by atoms with E-state index in [9.17, 15) is 31.1 Å². The molecule has 1 saturated heterocycles. The minimum atomic E-state index is -2.94. The van der Waals surface area contributed by atoms with Gasteiger partial charge in [-0.1, -0.05) is 6.92 Å². The van der Waals surface area contributed by atoms with Crippen LogP contribution >= 0.6 is 0 Å². The molecule has 3 nitrogen and oxygen atoms in total. The fraction of sp³-hybridized carbons (Fsp3) is 0.889. The van der Waals surface area contributed by atoms with E-state index in [4.69, 9.17) is 0 Å². The molecule has 1 aliphatic heterocycles. The van der Waals surface area contributed by atoms with Crippen molar-refractivity contribution < 1.29 is 31.1 Å². The highest BCUT2D eigenvalue weighted by Gasteiger charge is 2.50. The summed E-state index contributed by atoms with van der Waals surface area (Å²) in [5.74, 6) is 0. The van der Waals surface area contributed by atoms with Crippen molar-refractivity contribution in [1.29, 1.82) is 0 Å². The van der Waals surface area contributed by atoms with Gasteiger partial charge in [-0.15, -0.1) is 0 Å². The van der Waals surface area contributed by atoms with E-state index >= 15 is 0 Å². The van der Waals surface area contributed by atoms with E-state index in [1.165, 1.54) is 6.92 Å². The van der Waals surface area contributed by atoms with Crippen molar-refractivity contribution in [2.24, 2.45) is 0 Å². The molecule has 18 heavy (non-hydrogen) atoms. The summed E-state index contributed by atoms with van der Waals surface area (Å²) < 4.78 is 79.2. The molecule has 1 fully saturated rings. The Kier molecular flexibility index (Phi) is 4.97. The zero-order chi connectivity index (χ0) is 14.0. The average molecular weight is 278 g/mol. The third-order valence-electron chi connectivity index (χ3n) is 2.69. The van der Waals surface area contributed by atoms with Gasteiger partial charge < -0.3 is 0 Å². The highest BCUT2D eigenvalue weighted by atomic mass is 19.2. The van der Waals surface area contributed by atoms with Gasteiger partial charge in [0.1, 0.15) is 0 Å². The smallest absolute Gasteiger partial charge is 0.260 e. The summed E-state index contributed by atoms with van der Waals surface area (Å²) in [5, 5.41) is 0. The number of alkyl halides is 5. The van der Waals surface area contributed by atoms with Gasteiger partial charge in [0.15, 0.2) is 18.8 Å². The largest absolute Gasteiger partial charge is 0.315 e. The molecule has 0 amide bonds. The van der Waals surface area contributed by atoms with Crippen LogP contribution in [0.3, 0.4) is 0 Å². The molecule has 1 rings (SSSR count). The van der Waals surface area contributed by atoms with Crippen LogP contribution in [0.4, 0.5) is 26.3 Å². The van der Waals surface area contributed by atoms with Crippen LogP contribution < -0.4 is 0 Å². The first-order valence-corrected chi connectivity index (χ1v) is 5.21. The lowest BCUT2D eigenvalue weighted by atomic mass is 10.3. The van der Waals surface area contributed by atoms with E-state index in [1.807, 2.05) is 0 Å². The molecule has 0 aromatic rings. The summed E-state index contributed by atoms with van der Waals surface area (Å²) >= 11 is 0. The Morgan fingerprint density at radius 2 is 1.39 bits per heavy atom. The summed E-state index contributed by atoms with van der Waals surface area (Å²) in [6.45, 7) is -0.664. The van der Waals surface area contributed by atoms with Gasteiger partial charge in [-0.2, -0.15) is 4.39 Å². The topological polar surface area (TPSA) is 23.6 Å². The molecule has 106 valence electrons. The fourth-order valence-corrected chi connectivity index (χ4v) is 1.75. The Bertz CT molecular complexity index is 307. The minimum Gasteiger partial charge on any atom is -0.260 e. The molecule has 9 heteroatoms. The predicted octanol–water partition coefficient (Wildman–Crippen LogP) is 1.64. The van der Waals surface area contributed by atoms with Crippen LogP contribution in [0, 0.1) is 0 Å². The maximum absolute atomic E-state index is 13.5. The Morgan fingerprint density at radius 3 is 1.83 bits per heavy atom. The third-order valence-corrected chi connectivity index (χ3v) is 2.69. The van der Waals surface area contributed by atoms with Gasteiger partial charge in [0.05, 0.1) is 6.54 Å². The summed E-state index contributed by atoms with van der Waals surface area (Å²) in [7, 11) is 0. The van der Waals surface area contributed by atoms with Crippen molar-refractivity contribution >= 4 is 6.04 Å². The van der Waals surface area contributed by atoms with Crippen LogP contribution in [0.2, 0.25) is 0 Å². The van der Waals surface area contributed by atoms with Crippen molar-refractivity contribution in [3.8, 4) is 0 Å². The first kappa shape index (κ1) is 15.2. The van der Waals surface area contributed by atoms with Crippen molar-refractivity contribution in [2.45, 2.75) is 38.3 Å². The lowest BCUT2D eigenvalue weighted by Gasteiger charge is -2.28. The molecule has 0 radical (unpaired) electrons. The maximum Gasteiger partial charge on any atom is 0.315 e. The van der Waals surface area contributed by atoms with Crippen molar-refractivity contribution in [1.82, 2.24) is 9.80 Å². The van der Waals surface area contributed by atoms with Crippen molar-refractivity contribution in [2.75, 3.05) is 13.1 Å². The second-order valence-electron chi connectivity index (χ2n) is 3.79. The quantitative estimate of drug-likeness (QED) is 0.445. The maximum atomic E-state index is 13.5. The highest BCUT2D eigenvalue weighted by molar-refractivity contribution is 5.70. The number of nitrogens with zero attached hydrogens (tertiary/aromatic N) is 2.